The van der Waals surface area contributed by atoms with Crippen molar-refractivity contribution in [3.63, 3.8) is 0 Å². The molecule has 2 aromatic rings. The molecule has 2 aliphatic heterocycles. The van der Waals surface area contributed by atoms with Gasteiger partial charge in [0.15, 0.2) is 0 Å². The molecule has 0 aromatic heterocycles. The third-order valence-electron chi connectivity index (χ3n) is 8.74. The van der Waals surface area contributed by atoms with Gasteiger partial charge < -0.3 is 15.3 Å². The molecule has 200 valence electrons. The highest BCUT2D eigenvalue weighted by Gasteiger charge is 2.57. The van der Waals surface area contributed by atoms with Crippen molar-refractivity contribution in [2.75, 3.05) is 19.6 Å². The molecule has 3 atom stereocenters. The van der Waals surface area contributed by atoms with Crippen LogP contribution in [0, 0.1) is 5.82 Å². The molecule has 1 aliphatic carbocycles. The van der Waals surface area contributed by atoms with Crippen molar-refractivity contribution in [3.8, 4) is 0 Å². The molecule has 2 fully saturated rings. The Balaban J connectivity index is 1.56. The second-order valence-corrected chi connectivity index (χ2v) is 10.9. The number of piperidine rings is 1. The van der Waals surface area contributed by atoms with E-state index in [2.05, 4.69) is 5.32 Å². The van der Waals surface area contributed by atoms with Crippen molar-refractivity contribution in [1.82, 2.24) is 10.2 Å². The lowest BCUT2D eigenvalue weighted by Crippen LogP contribution is -2.58. The van der Waals surface area contributed by atoms with Gasteiger partial charge in [0, 0.05) is 18.0 Å². The average molecular weight is 523 g/mol. The van der Waals surface area contributed by atoms with Crippen molar-refractivity contribution in [1.29, 1.82) is 0 Å². The minimum atomic E-state index is -5.05. The number of alkyl halides is 4. The van der Waals surface area contributed by atoms with Crippen LogP contribution in [-0.2, 0) is 28.7 Å². The van der Waals surface area contributed by atoms with E-state index in [1.807, 2.05) is 0 Å². The molecule has 2 heterocycles. The lowest BCUT2D eigenvalue weighted by Gasteiger charge is -2.45. The molecular weight excluding hydrogens is 491 g/mol. The zero-order valence-electron chi connectivity index (χ0n) is 20.7. The van der Waals surface area contributed by atoms with E-state index in [-0.39, 0.29) is 17.8 Å². The van der Waals surface area contributed by atoms with Gasteiger partial charge >= 0.3 is 6.18 Å². The van der Waals surface area contributed by atoms with Gasteiger partial charge in [-0.25, -0.2) is 8.78 Å². The Kier molecular flexibility index (Phi) is 6.38. The smallest absolute Gasteiger partial charge is 0.380 e. The van der Waals surface area contributed by atoms with Gasteiger partial charge in [-0.05, 0) is 92.9 Å². The van der Waals surface area contributed by atoms with Gasteiger partial charge in [0.1, 0.15) is 11.4 Å². The fraction of sp³-hybridized carbons (Fsp3) is 0.536. The minimum Gasteiger partial charge on any atom is -0.380 e. The van der Waals surface area contributed by atoms with E-state index in [9.17, 15) is 31.9 Å². The van der Waals surface area contributed by atoms with Gasteiger partial charge in [-0.3, -0.25) is 4.79 Å². The number of benzene rings is 2. The van der Waals surface area contributed by atoms with Crippen LogP contribution in [0.15, 0.2) is 42.5 Å². The van der Waals surface area contributed by atoms with Crippen LogP contribution in [0.3, 0.4) is 0 Å². The zero-order valence-corrected chi connectivity index (χ0v) is 20.7. The molecule has 0 saturated carbocycles. The summed E-state index contributed by atoms with van der Waals surface area (Å²) < 4.78 is 68.8. The van der Waals surface area contributed by atoms with E-state index in [1.54, 1.807) is 23.1 Å². The van der Waals surface area contributed by atoms with Crippen LogP contribution in [0.25, 0.3) is 0 Å². The molecule has 1 amide bonds. The molecule has 1 unspecified atom stereocenters. The average Bonchev–Trinajstić information content (AvgIpc) is 3.23. The number of carbonyl (C=O) groups excluding carboxylic acids is 1. The summed E-state index contributed by atoms with van der Waals surface area (Å²) in [6, 6.07) is 9.89. The van der Waals surface area contributed by atoms with Gasteiger partial charge in [0.25, 0.3) is 5.91 Å². The summed E-state index contributed by atoms with van der Waals surface area (Å²) in [5.74, 6) is -0.689. The molecule has 0 radical (unpaired) electrons. The molecule has 2 saturated heterocycles. The summed E-state index contributed by atoms with van der Waals surface area (Å²) >= 11 is 0. The van der Waals surface area contributed by atoms with Crippen LogP contribution in [0.1, 0.15) is 54.9 Å². The Morgan fingerprint density at radius 2 is 1.76 bits per heavy atom. The van der Waals surface area contributed by atoms with Gasteiger partial charge in [0.05, 0.1) is 0 Å². The SMILES string of the molecule is CC(F)(c1ccc2c(c1)CC[C@H]1N(C(=O)C3(O)CCNCC3)CC[C@@]21Cc1ccc(F)cc1)C(F)(F)F. The Morgan fingerprint density at radius 1 is 1.08 bits per heavy atom. The van der Waals surface area contributed by atoms with Crippen molar-refractivity contribution < 1.29 is 31.9 Å². The number of carbonyl (C=O) groups is 1. The predicted octanol–water partition coefficient (Wildman–Crippen LogP) is 4.71. The summed E-state index contributed by atoms with van der Waals surface area (Å²) in [5, 5.41) is 14.3. The number of hydrogen-bond acceptors (Lipinski definition) is 3. The molecule has 0 spiro atoms. The van der Waals surface area contributed by atoms with Gasteiger partial charge in [0.2, 0.25) is 5.67 Å². The van der Waals surface area contributed by atoms with E-state index < -0.39 is 28.4 Å². The van der Waals surface area contributed by atoms with Crippen molar-refractivity contribution in [3.05, 3.63) is 70.5 Å². The molecule has 37 heavy (non-hydrogen) atoms. The lowest BCUT2D eigenvalue weighted by atomic mass is 9.63. The number of likely N-dealkylation sites (tertiary alicyclic amines) is 1. The van der Waals surface area contributed by atoms with E-state index in [0.717, 1.165) is 11.1 Å². The number of amides is 1. The van der Waals surface area contributed by atoms with Gasteiger partial charge in [-0.1, -0.05) is 30.3 Å². The first-order valence-electron chi connectivity index (χ1n) is 12.8. The van der Waals surface area contributed by atoms with E-state index in [1.165, 1.54) is 24.3 Å². The third kappa shape index (κ3) is 4.34. The second-order valence-electron chi connectivity index (χ2n) is 10.9. The van der Waals surface area contributed by atoms with Crippen LogP contribution in [-0.4, -0.2) is 53.4 Å². The van der Waals surface area contributed by atoms with Crippen molar-refractivity contribution >= 4 is 5.91 Å². The van der Waals surface area contributed by atoms with Crippen LogP contribution >= 0.6 is 0 Å². The first kappa shape index (κ1) is 26.1. The van der Waals surface area contributed by atoms with E-state index in [4.69, 9.17) is 0 Å². The fourth-order valence-electron chi connectivity index (χ4n) is 6.55. The molecule has 5 rings (SSSR count). The normalized spacial score (nSPS) is 26.8. The van der Waals surface area contributed by atoms with Crippen LogP contribution in [0.4, 0.5) is 22.0 Å². The summed E-state index contributed by atoms with van der Waals surface area (Å²) in [5.41, 5.74) is -3.76. The molecule has 2 aromatic carbocycles. The van der Waals surface area contributed by atoms with Crippen molar-refractivity contribution in [2.24, 2.45) is 0 Å². The number of nitrogens with one attached hydrogen (secondary N) is 1. The Hall–Kier alpha value is -2.52. The van der Waals surface area contributed by atoms with E-state index >= 15 is 0 Å². The Bertz CT molecular complexity index is 1170. The minimum absolute atomic E-state index is 0.290. The molecular formula is C28H31F5N2O2. The molecule has 9 heteroatoms. The van der Waals surface area contributed by atoms with Gasteiger partial charge in [-0.2, -0.15) is 13.2 Å². The number of aryl methyl sites for hydroxylation is 1. The Labute approximate surface area is 212 Å². The van der Waals surface area contributed by atoms with Crippen LogP contribution in [0.5, 0.6) is 0 Å². The summed E-state index contributed by atoms with van der Waals surface area (Å²) in [7, 11) is 0. The van der Waals surface area contributed by atoms with Crippen LogP contribution in [0.2, 0.25) is 0 Å². The van der Waals surface area contributed by atoms with Crippen molar-refractivity contribution in [2.45, 2.75) is 74.4 Å². The molecule has 3 aliphatic rings. The zero-order chi connectivity index (χ0) is 26.6. The standard InChI is InChI=1S/C28H31F5N2O2/c1-25(30,28(31,32)33)20-5-8-22-19(16-20)4-9-23-26(22,17-18-2-6-21(29)7-3-18)12-15-35(23)24(36)27(37)10-13-34-14-11-27/h2-3,5-8,16,23,34,37H,4,9-15,17H2,1H3/t23-,25?,26-/m1/s1. The molecule has 0 bridgehead atoms. The van der Waals surface area contributed by atoms with E-state index in [0.29, 0.717) is 70.6 Å². The maximum absolute atomic E-state index is 14.8. The second kappa shape index (κ2) is 9.05. The highest BCUT2D eigenvalue weighted by atomic mass is 19.4. The highest BCUT2D eigenvalue weighted by Crippen LogP contribution is 2.51. The van der Waals surface area contributed by atoms with Gasteiger partial charge in [-0.15, -0.1) is 0 Å². The number of rotatable bonds is 4. The first-order chi connectivity index (χ1) is 17.4. The summed E-state index contributed by atoms with van der Waals surface area (Å²) in [6.45, 7) is 2.00. The number of nitrogens with zero attached hydrogens (tertiary/aromatic N) is 1. The number of fused-ring (bicyclic) bond motifs is 3. The maximum atomic E-state index is 14.8. The lowest BCUT2D eigenvalue weighted by molar-refractivity contribution is -0.228. The topological polar surface area (TPSA) is 52.6 Å². The number of aliphatic hydroxyl groups is 1. The number of halogens is 5. The Morgan fingerprint density at radius 3 is 2.41 bits per heavy atom. The summed E-state index contributed by atoms with van der Waals surface area (Å²) in [6.07, 6.45) is -2.58. The number of hydrogen-bond donors (Lipinski definition) is 2. The monoisotopic (exact) mass is 522 g/mol. The highest BCUT2D eigenvalue weighted by molar-refractivity contribution is 5.86. The summed E-state index contributed by atoms with van der Waals surface area (Å²) in [4.78, 5) is 15.4. The quantitative estimate of drug-likeness (QED) is 0.572. The predicted molar refractivity (Wildman–Crippen MR) is 128 cm³/mol. The largest absolute Gasteiger partial charge is 0.426 e. The maximum Gasteiger partial charge on any atom is 0.426 e. The third-order valence-corrected chi connectivity index (χ3v) is 8.74. The molecule has 2 N–H and O–H groups in total. The first-order valence-corrected chi connectivity index (χ1v) is 12.8. The fourth-order valence-corrected chi connectivity index (χ4v) is 6.55. The van der Waals surface area contributed by atoms with Crippen LogP contribution < -0.4 is 5.32 Å². The molecule has 4 nitrogen and oxygen atoms in total.